The van der Waals surface area contributed by atoms with Crippen molar-refractivity contribution in [1.29, 1.82) is 0 Å². The molecule has 0 aliphatic carbocycles. The van der Waals surface area contributed by atoms with E-state index in [9.17, 15) is 4.79 Å². The number of carbonyl (C=O) groups excluding carboxylic acids is 1. The summed E-state index contributed by atoms with van der Waals surface area (Å²) in [5.41, 5.74) is 2.41. The van der Waals surface area contributed by atoms with Gasteiger partial charge in [-0.15, -0.1) is 12.4 Å². The Morgan fingerprint density at radius 1 is 1.00 bits per heavy atom. The fourth-order valence-electron chi connectivity index (χ4n) is 3.01. The second-order valence-corrected chi connectivity index (χ2v) is 6.43. The summed E-state index contributed by atoms with van der Waals surface area (Å²) >= 11 is 0. The molecule has 0 unspecified atom stereocenters. The van der Waals surface area contributed by atoms with Crippen molar-refractivity contribution in [2.45, 2.75) is 32.4 Å². The molecule has 1 fully saturated rings. The zero-order valence-electron chi connectivity index (χ0n) is 15.0. The molecule has 1 N–H and O–H groups in total. The standard InChI is InChI=1S/C21H26N2O2.ClH/c24-21-8-4-14-23(21)15-5-13-22-16-18-9-11-20(12-10-18)25-17-19-6-2-1-3-7-19;/h1-3,6-7,9-12,22H,4-5,8,13-17H2;1H. The number of benzene rings is 2. The van der Waals surface area contributed by atoms with Crippen LogP contribution < -0.4 is 10.1 Å². The smallest absolute Gasteiger partial charge is 0.222 e. The summed E-state index contributed by atoms with van der Waals surface area (Å²) in [6.07, 6.45) is 2.75. The largest absolute Gasteiger partial charge is 0.489 e. The van der Waals surface area contributed by atoms with Crippen LogP contribution in [0.2, 0.25) is 0 Å². The number of amides is 1. The van der Waals surface area contributed by atoms with Crippen molar-refractivity contribution >= 4 is 18.3 Å². The van der Waals surface area contributed by atoms with Gasteiger partial charge in [-0.2, -0.15) is 0 Å². The van der Waals surface area contributed by atoms with Crippen LogP contribution in [0.5, 0.6) is 5.75 Å². The van der Waals surface area contributed by atoms with Gasteiger partial charge in [0.05, 0.1) is 0 Å². The van der Waals surface area contributed by atoms with E-state index in [2.05, 4.69) is 29.6 Å². The molecule has 2 aromatic carbocycles. The highest BCUT2D eigenvalue weighted by Crippen LogP contribution is 2.14. The molecule has 1 saturated heterocycles. The van der Waals surface area contributed by atoms with Crippen LogP contribution in [-0.4, -0.2) is 30.4 Å². The monoisotopic (exact) mass is 374 g/mol. The SMILES string of the molecule is Cl.O=C1CCCN1CCCNCc1ccc(OCc2ccccc2)cc1. The number of hydrogen-bond donors (Lipinski definition) is 1. The van der Waals surface area contributed by atoms with Gasteiger partial charge in [0.2, 0.25) is 5.91 Å². The lowest BCUT2D eigenvalue weighted by Crippen LogP contribution is -2.28. The number of halogens is 1. The van der Waals surface area contributed by atoms with E-state index < -0.39 is 0 Å². The molecule has 1 aliphatic rings. The van der Waals surface area contributed by atoms with Crippen LogP contribution in [0.1, 0.15) is 30.4 Å². The van der Waals surface area contributed by atoms with Crippen LogP contribution in [0.3, 0.4) is 0 Å². The zero-order chi connectivity index (χ0) is 17.3. The molecule has 26 heavy (non-hydrogen) atoms. The summed E-state index contributed by atoms with van der Waals surface area (Å²) in [5.74, 6) is 1.20. The van der Waals surface area contributed by atoms with Crippen molar-refractivity contribution in [3.8, 4) is 5.75 Å². The Hall–Kier alpha value is -2.04. The number of likely N-dealkylation sites (tertiary alicyclic amines) is 1. The minimum absolute atomic E-state index is 0. The average molecular weight is 375 g/mol. The molecule has 0 radical (unpaired) electrons. The van der Waals surface area contributed by atoms with E-state index in [1.54, 1.807) is 0 Å². The maximum Gasteiger partial charge on any atom is 0.222 e. The van der Waals surface area contributed by atoms with Crippen molar-refractivity contribution < 1.29 is 9.53 Å². The first-order valence-electron chi connectivity index (χ1n) is 9.05. The van der Waals surface area contributed by atoms with Crippen LogP contribution in [0, 0.1) is 0 Å². The van der Waals surface area contributed by atoms with Crippen LogP contribution in [0.15, 0.2) is 54.6 Å². The van der Waals surface area contributed by atoms with Gasteiger partial charge in [0.1, 0.15) is 12.4 Å². The van der Waals surface area contributed by atoms with Gasteiger partial charge in [-0.3, -0.25) is 4.79 Å². The van der Waals surface area contributed by atoms with E-state index in [4.69, 9.17) is 4.74 Å². The first kappa shape index (κ1) is 20.3. The molecule has 1 aliphatic heterocycles. The van der Waals surface area contributed by atoms with Gasteiger partial charge in [-0.25, -0.2) is 0 Å². The third kappa shape index (κ3) is 6.36. The van der Waals surface area contributed by atoms with E-state index in [0.717, 1.165) is 51.2 Å². The van der Waals surface area contributed by atoms with Gasteiger partial charge in [0, 0.05) is 26.1 Å². The molecule has 0 spiro atoms. The Labute approximate surface area is 162 Å². The highest BCUT2D eigenvalue weighted by Gasteiger charge is 2.18. The van der Waals surface area contributed by atoms with E-state index in [1.807, 2.05) is 35.2 Å². The predicted molar refractivity (Wildman–Crippen MR) is 107 cm³/mol. The number of nitrogens with zero attached hydrogens (tertiary/aromatic N) is 1. The summed E-state index contributed by atoms with van der Waals surface area (Å²) in [6, 6.07) is 18.4. The van der Waals surface area contributed by atoms with E-state index in [1.165, 1.54) is 11.1 Å². The lowest BCUT2D eigenvalue weighted by atomic mass is 10.2. The molecule has 0 saturated carbocycles. The normalized spacial score (nSPS) is 13.5. The molecule has 1 heterocycles. The first-order chi connectivity index (χ1) is 12.3. The third-order valence-electron chi connectivity index (χ3n) is 4.45. The predicted octanol–water partition coefficient (Wildman–Crippen LogP) is 3.79. The lowest BCUT2D eigenvalue weighted by Gasteiger charge is -2.15. The minimum Gasteiger partial charge on any atom is -0.489 e. The highest BCUT2D eigenvalue weighted by atomic mass is 35.5. The number of hydrogen-bond acceptors (Lipinski definition) is 3. The zero-order valence-corrected chi connectivity index (χ0v) is 15.8. The van der Waals surface area contributed by atoms with Crippen LogP contribution >= 0.6 is 12.4 Å². The Bertz CT molecular complexity index is 661. The number of nitrogens with one attached hydrogen (secondary N) is 1. The van der Waals surface area contributed by atoms with Gasteiger partial charge in [0.15, 0.2) is 0 Å². The van der Waals surface area contributed by atoms with Crippen LogP contribution in [0.25, 0.3) is 0 Å². The van der Waals surface area contributed by atoms with Gasteiger partial charge in [0.25, 0.3) is 0 Å². The molecular formula is C21H27ClN2O2. The number of carbonyl (C=O) groups is 1. The second-order valence-electron chi connectivity index (χ2n) is 6.43. The summed E-state index contributed by atoms with van der Waals surface area (Å²) in [4.78, 5) is 13.5. The Balaban J connectivity index is 0.00000243. The third-order valence-corrected chi connectivity index (χ3v) is 4.45. The van der Waals surface area contributed by atoms with Gasteiger partial charge in [-0.1, -0.05) is 42.5 Å². The molecular weight excluding hydrogens is 348 g/mol. The minimum atomic E-state index is 0. The molecule has 2 aromatic rings. The topological polar surface area (TPSA) is 41.6 Å². The molecule has 0 atom stereocenters. The summed E-state index contributed by atoms with van der Waals surface area (Å²) in [7, 11) is 0. The Kier molecular flexibility index (Phi) is 8.45. The summed E-state index contributed by atoms with van der Waals surface area (Å²) < 4.78 is 5.80. The Morgan fingerprint density at radius 2 is 1.77 bits per heavy atom. The fourth-order valence-corrected chi connectivity index (χ4v) is 3.01. The van der Waals surface area contributed by atoms with Crippen molar-refractivity contribution in [3.63, 3.8) is 0 Å². The van der Waals surface area contributed by atoms with Crippen LogP contribution in [-0.2, 0) is 17.9 Å². The van der Waals surface area contributed by atoms with Crippen molar-refractivity contribution in [3.05, 3.63) is 65.7 Å². The highest BCUT2D eigenvalue weighted by molar-refractivity contribution is 5.85. The molecule has 0 bridgehead atoms. The lowest BCUT2D eigenvalue weighted by molar-refractivity contribution is -0.127. The molecule has 3 rings (SSSR count). The number of ether oxygens (including phenoxy) is 1. The van der Waals surface area contributed by atoms with Crippen LogP contribution in [0.4, 0.5) is 0 Å². The maximum absolute atomic E-state index is 11.5. The quantitative estimate of drug-likeness (QED) is 0.679. The fraction of sp³-hybridized carbons (Fsp3) is 0.381. The first-order valence-corrected chi connectivity index (χ1v) is 9.05. The average Bonchev–Trinajstić information content (AvgIpc) is 3.06. The molecule has 4 nitrogen and oxygen atoms in total. The molecule has 0 aromatic heterocycles. The van der Waals surface area contributed by atoms with E-state index in [0.29, 0.717) is 12.5 Å². The van der Waals surface area contributed by atoms with Crippen molar-refractivity contribution in [2.75, 3.05) is 19.6 Å². The van der Waals surface area contributed by atoms with Crippen molar-refractivity contribution in [1.82, 2.24) is 10.2 Å². The van der Waals surface area contributed by atoms with E-state index in [-0.39, 0.29) is 12.4 Å². The summed E-state index contributed by atoms with van der Waals surface area (Å²) in [5, 5.41) is 3.44. The van der Waals surface area contributed by atoms with Crippen molar-refractivity contribution in [2.24, 2.45) is 0 Å². The van der Waals surface area contributed by atoms with Gasteiger partial charge in [-0.05, 0) is 42.6 Å². The Morgan fingerprint density at radius 3 is 2.46 bits per heavy atom. The van der Waals surface area contributed by atoms with Gasteiger partial charge >= 0.3 is 0 Å². The second kappa shape index (κ2) is 10.8. The molecule has 140 valence electrons. The number of rotatable bonds is 9. The maximum atomic E-state index is 11.5. The summed E-state index contributed by atoms with van der Waals surface area (Å²) in [6.45, 7) is 4.16. The van der Waals surface area contributed by atoms with Gasteiger partial charge < -0.3 is 15.0 Å². The molecule has 1 amide bonds. The molecule has 5 heteroatoms. The van der Waals surface area contributed by atoms with E-state index >= 15 is 0 Å².